The van der Waals surface area contributed by atoms with Crippen LogP contribution in [0.4, 0.5) is 33.7 Å². The Hall–Kier alpha value is -3.40. The van der Waals surface area contributed by atoms with Crippen molar-refractivity contribution >= 4 is 29.0 Å². The van der Waals surface area contributed by atoms with E-state index in [0.29, 0.717) is 11.4 Å². The highest BCUT2D eigenvalue weighted by molar-refractivity contribution is 6.31. The number of aryl methyl sites for hydroxylation is 2. The Morgan fingerprint density at radius 3 is 2.29 bits per heavy atom. The van der Waals surface area contributed by atoms with E-state index in [1.807, 2.05) is 0 Å². The quantitative estimate of drug-likeness (QED) is 0.451. The van der Waals surface area contributed by atoms with Crippen LogP contribution in [0.15, 0.2) is 42.5 Å². The molecule has 0 aliphatic heterocycles. The molecule has 0 aliphatic rings. The van der Waals surface area contributed by atoms with Gasteiger partial charge in [-0.15, -0.1) is 0 Å². The number of nitrogens with zero attached hydrogens (tertiary/aromatic N) is 2. The number of halogens is 5. The molecule has 0 unspecified atom stereocenters. The number of carbonyl (C=O) groups is 1. The number of carbonyl (C=O) groups excluding carboxylic acids is 1. The summed E-state index contributed by atoms with van der Waals surface area (Å²) in [6.07, 6.45) is -4.67. The topological polar surface area (TPSA) is 76.1 Å². The molecule has 0 saturated heterocycles. The van der Waals surface area contributed by atoms with Gasteiger partial charge in [0.15, 0.2) is 11.6 Å². The van der Waals surface area contributed by atoms with Crippen molar-refractivity contribution < 1.29 is 27.1 Å². The van der Waals surface area contributed by atoms with Crippen molar-refractivity contribution in [3.05, 3.63) is 70.3 Å². The number of hydrogen-bond acceptors (Lipinski definition) is 4. The zero-order chi connectivity index (χ0) is 22.8. The number of urea groups is 1. The predicted octanol–water partition coefficient (Wildman–Crippen LogP) is 6.34. The van der Waals surface area contributed by atoms with Crippen molar-refractivity contribution in [2.45, 2.75) is 20.0 Å². The molecular formula is C20H15ClF4N4O2. The number of benzene rings is 2. The molecule has 0 atom stereocenters. The number of rotatable bonds is 4. The highest BCUT2D eigenvalue weighted by Crippen LogP contribution is 2.36. The summed E-state index contributed by atoms with van der Waals surface area (Å²) < 4.78 is 58.0. The molecule has 3 rings (SSSR count). The molecule has 0 radical (unpaired) electrons. The van der Waals surface area contributed by atoms with Crippen LogP contribution in [0, 0.1) is 19.7 Å². The molecule has 2 aromatic carbocycles. The van der Waals surface area contributed by atoms with E-state index in [1.54, 1.807) is 19.9 Å². The van der Waals surface area contributed by atoms with Crippen molar-refractivity contribution in [2.24, 2.45) is 0 Å². The number of nitrogens with one attached hydrogen (secondary N) is 2. The van der Waals surface area contributed by atoms with Crippen LogP contribution in [0.2, 0.25) is 5.02 Å². The van der Waals surface area contributed by atoms with Gasteiger partial charge in [-0.25, -0.2) is 9.18 Å². The summed E-state index contributed by atoms with van der Waals surface area (Å²) in [7, 11) is 0. The summed E-state index contributed by atoms with van der Waals surface area (Å²) in [6.45, 7) is 3.12. The van der Waals surface area contributed by atoms with Gasteiger partial charge in [0, 0.05) is 5.69 Å². The molecule has 1 aromatic heterocycles. The summed E-state index contributed by atoms with van der Waals surface area (Å²) in [5, 5.41) is 4.30. The SMILES string of the molecule is Cc1nc(Oc2ccccc2F)nc(C)c1NC(=O)Nc1ccc(Cl)c(C(F)(F)F)c1. The Morgan fingerprint density at radius 1 is 1.03 bits per heavy atom. The second kappa shape index (κ2) is 8.76. The fourth-order valence-corrected chi connectivity index (χ4v) is 2.86. The maximum absolute atomic E-state index is 13.7. The molecule has 0 saturated carbocycles. The molecule has 0 spiro atoms. The number of ether oxygens (including phenoxy) is 1. The van der Waals surface area contributed by atoms with Gasteiger partial charge >= 0.3 is 18.2 Å². The van der Waals surface area contributed by atoms with Crippen LogP contribution in [0.3, 0.4) is 0 Å². The zero-order valence-electron chi connectivity index (χ0n) is 16.1. The van der Waals surface area contributed by atoms with Crippen molar-refractivity contribution in [1.82, 2.24) is 9.97 Å². The van der Waals surface area contributed by atoms with Crippen LogP contribution in [-0.4, -0.2) is 16.0 Å². The van der Waals surface area contributed by atoms with E-state index in [9.17, 15) is 22.4 Å². The van der Waals surface area contributed by atoms with E-state index < -0.39 is 28.6 Å². The lowest BCUT2D eigenvalue weighted by atomic mass is 10.2. The van der Waals surface area contributed by atoms with E-state index in [4.69, 9.17) is 16.3 Å². The molecule has 31 heavy (non-hydrogen) atoms. The van der Waals surface area contributed by atoms with Crippen LogP contribution in [0.1, 0.15) is 17.0 Å². The average Bonchev–Trinajstić information content (AvgIpc) is 2.67. The summed E-state index contributed by atoms with van der Waals surface area (Å²) in [5.41, 5.74) is -0.340. The highest BCUT2D eigenvalue weighted by atomic mass is 35.5. The Labute approximate surface area is 179 Å². The van der Waals surface area contributed by atoms with E-state index in [-0.39, 0.29) is 23.1 Å². The van der Waals surface area contributed by atoms with E-state index in [0.717, 1.165) is 12.1 Å². The lowest BCUT2D eigenvalue weighted by molar-refractivity contribution is -0.137. The molecule has 11 heteroatoms. The summed E-state index contributed by atoms with van der Waals surface area (Å²) in [6, 6.07) is 7.77. The third-order valence-electron chi connectivity index (χ3n) is 4.06. The molecule has 1 heterocycles. The number of hydrogen-bond donors (Lipinski definition) is 2. The van der Waals surface area contributed by atoms with Gasteiger partial charge in [-0.05, 0) is 44.2 Å². The zero-order valence-corrected chi connectivity index (χ0v) is 16.9. The number of amides is 2. The minimum absolute atomic E-state index is 0.0667. The van der Waals surface area contributed by atoms with Crippen molar-refractivity contribution in [1.29, 1.82) is 0 Å². The monoisotopic (exact) mass is 454 g/mol. The normalized spacial score (nSPS) is 11.2. The van der Waals surface area contributed by atoms with Gasteiger partial charge in [0.2, 0.25) is 0 Å². The largest absolute Gasteiger partial charge is 0.421 e. The molecule has 3 aromatic rings. The van der Waals surface area contributed by atoms with Crippen molar-refractivity contribution in [3.63, 3.8) is 0 Å². The number of aromatic nitrogens is 2. The van der Waals surface area contributed by atoms with E-state index in [2.05, 4.69) is 20.6 Å². The Bertz CT molecular complexity index is 1120. The second-order valence-corrected chi connectivity index (χ2v) is 6.76. The first-order chi connectivity index (χ1) is 14.5. The van der Waals surface area contributed by atoms with Crippen LogP contribution in [0.25, 0.3) is 0 Å². The van der Waals surface area contributed by atoms with Crippen LogP contribution in [0.5, 0.6) is 11.8 Å². The number of para-hydroxylation sites is 1. The molecule has 0 fully saturated rings. The van der Waals surface area contributed by atoms with E-state index >= 15 is 0 Å². The molecule has 0 bridgehead atoms. The lowest BCUT2D eigenvalue weighted by Gasteiger charge is -2.14. The molecule has 162 valence electrons. The van der Waals surface area contributed by atoms with Gasteiger partial charge in [0.1, 0.15) is 0 Å². The van der Waals surface area contributed by atoms with Gasteiger partial charge in [0.05, 0.1) is 27.7 Å². The minimum Gasteiger partial charge on any atom is -0.421 e. The average molecular weight is 455 g/mol. The molecular weight excluding hydrogens is 440 g/mol. The first kappa shape index (κ1) is 22.3. The van der Waals surface area contributed by atoms with E-state index in [1.165, 1.54) is 24.3 Å². The number of anilines is 2. The van der Waals surface area contributed by atoms with Gasteiger partial charge in [-0.2, -0.15) is 23.1 Å². The first-order valence-electron chi connectivity index (χ1n) is 8.77. The van der Waals surface area contributed by atoms with Gasteiger partial charge in [-0.3, -0.25) is 0 Å². The van der Waals surface area contributed by atoms with Gasteiger partial charge < -0.3 is 15.4 Å². The fraction of sp³-hybridized carbons (Fsp3) is 0.150. The lowest BCUT2D eigenvalue weighted by Crippen LogP contribution is -2.21. The third-order valence-corrected chi connectivity index (χ3v) is 4.39. The molecule has 2 N–H and O–H groups in total. The second-order valence-electron chi connectivity index (χ2n) is 6.36. The summed E-state index contributed by atoms with van der Waals surface area (Å²) in [4.78, 5) is 20.4. The van der Waals surface area contributed by atoms with Crippen molar-refractivity contribution in [3.8, 4) is 11.8 Å². The first-order valence-corrected chi connectivity index (χ1v) is 9.15. The molecule has 2 amide bonds. The van der Waals surface area contributed by atoms with Crippen molar-refractivity contribution in [2.75, 3.05) is 10.6 Å². The van der Waals surface area contributed by atoms with Crippen LogP contribution < -0.4 is 15.4 Å². The smallest absolute Gasteiger partial charge is 0.417 e. The Morgan fingerprint density at radius 2 is 1.68 bits per heavy atom. The number of alkyl halides is 3. The standard InChI is InChI=1S/C20H15ClF4N4O2/c1-10-17(11(2)27-19(26-10)31-16-6-4-3-5-15(16)22)29-18(30)28-12-7-8-14(21)13(9-12)20(23,24)25/h3-9H,1-2H3,(H2,28,29,30). The summed E-state index contributed by atoms with van der Waals surface area (Å²) in [5.74, 6) is -0.660. The maximum Gasteiger partial charge on any atom is 0.417 e. The van der Waals surface area contributed by atoms with Crippen LogP contribution in [-0.2, 0) is 6.18 Å². The van der Waals surface area contributed by atoms with Gasteiger partial charge in [0.25, 0.3) is 0 Å². The molecule has 6 nitrogen and oxygen atoms in total. The Balaban J connectivity index is 1.75. The minimum atomic E-state index is -4.67. The van der Waals surface area contributed by atoms with Gasteiger partial charge in [-0.1, -0.05) is 23.7 Å². The summed E-state index contributed by atoms with van der Waals surface area (Å²) >= 11 is 5.57. The van der Waals surface area contributed by atoms with Crippen LogP contribution >= 0.6 is 11.6 Å². The fourth-order valence-electron chi connectivity index (χ4n) is 2.63. The highest BCUT2D eigenvalue weighted by Gasteiger charge is 2.33. The predicted molar refractivity (Wildman–Crippen MR) is 107 cm³/mol. The maximum atomic E-state index is 13.7. The molecule has 0 aliphatic carbocycles. The third kappa shape index (κ3) is 5.40. The Kier molecular flexibility index (Phi) is 6.30.